The van der Waals surface area contributed by atoms with Crippen molar-refractivity contribution in [1.82, 2.24) is 9.03 Å². The lowest BCUT2D eigenvalue weighted by Crippen LogP contribution is -2.53. The van der Waals surface area contributed by atoms with Crippen LogP contribution in [0.25, 0.3) is 0 Å². The number of carbonyl (C=O) groups excluding carboxylic acids is 2. The highest BCUT2D eigenvalue weighted by Crippen LogP contribution is 2.19. The molecule has 0 spiro atoms. The number of piperazine rings is 1. The van der Waals surface area contributed by atoms with Gasteiger partial charge in [0.25, 0.3) is 0 Å². The quantitative estimate of drug-likeness (QED) is 0.725. The number of benzene rings is 1. The van der Waals surface area contributed by atoms with Crippen LogP contribution < -0.4 is 9.62 Å². The third-order valence-electron chi connectivity index (χ3n) is 4.04. The molecule has 1 aliphatic rings. The van der Waals surface area contributed by atoms with E-state index in [1.54, 1.807) is 20.8 Å². The van der Waals surface area contributed by atoms with Gasteiger partial charge in [0.05, 0.1) is 13.5 Å². The van der Waals surface area contributed by atoms with Crippen LogP contribution in [-0.2, 0) is 30.9 Å². The lowest BCUT2D eigenvalue weighted by molar-refractivity contribution is -0.139. The Bertz CT molecular complexity index is 811. The van der Waals surface area contributed by atoms with E-state index in [1.165, 1.54) is 11.4 Å². The number of carbonyl (C=O) groups is 2. The Kier molecular flexibility index (Phi) is 6.89. The summed E-state index contributed by atoms with van der Waals surface area (Å²) < 4.78 is 37.6. The number of rotatable bonds is 5. The molecule has 0 aliphatic carbocycles. The summed E-state index contributed by atoms with van der Waals surface area (Å²) in [7, 11) is -2.62. The lowest BCUT2D eigenvalue weighted by atomic mass is 10.1. The number of hydrogen-bond acceptors (Lipinski definition) is 7. The maximum Gasteiger partial charge on any atom is 0.422 e. The fraction of sp³-hybridized carbons (Fsp3) is 0.556. The van der Waals surface area contributed by atoms with E-state index < -0.39 is 21.9 Å². The number of esters is 1. The van der Waals surface area contributed by atoms with Crippen LogP contribution in [0.3, 0.4) is 0 Å². The molecular weight excluding hydrogens is 386 g/mol. The number of hydrogen-bond donors (Lipinski definition) is 1. The fourth-order valence-corrected chi connectivity index (χ4v) is 3.78. The Morgan fingerprint density at radius 3 is 2.36 bits per heavy atom. The van der Waals surface area contributed by atoms with Crippen molar-refractivity contribution in [2.24, 2.45) is 0 Å². The van der Waals surface area contributed by atoms with Gasteiger partial charge in [0, 0.05) is 31.9 Å². The zero-order valence-corrected chi connectivity index (χ0v) is 17.4. The predicted octanol–water partition coefficient (Wildman–Crippen LogP) is 1.29. The van der Waals surface area contributed by atoms with Gasteiger partial charge in [-0.15, -0.1) is 0 Å². The normalized spacial score (nSPS) is 15.8. The van der Waals surface area contributed by atoms with E-state index in [0.717, 1.165) is 11.3 Å². The van der Waals surface area contributed by atoms with Gasteiger partial charge in [-0.2, -0.15) is 12.7 Å². The zero-order valence-electron chi connectivity index (χ0n) is 16.6. The molecule has 1 fully saturated rings. The second kappa shape index (κ2) is 8.78. The van der Waals surface area contributed by atoms with Crippen molar-refractivity contribution in [1.29, 1.82) is 0 Å². The van der Waals surface area contributed by atoms with E-state index in [4.69, 9.17) is 4.74 Å². The molecule has 1 aromatic carbocycles. The first kappa shape index (κ1) is 22.0. The summed E-state index contributed by atoms with van der Waals surface area (Å²) in [6.45, 7) is 6.33. The van der Waals surface area contributed by atoms with E-state index in [9.17, 15) is 18.0 Å². The molecule has 1 saturated heterocycles. The number of methoxy groups -OCH3 is 1. The van der Waals surface area contributed by atoms with Gasteiger partial charge in [0.1, 0.15) is 5.60 Å². The molecule has 9 nitrogen and oxygen atoms in total. The molecule has 0 bridgehead atoms. The first-order chi connectivity index (χ1) is 13.0. The van der Waals surface area contributed by atoms with E-state index >= 15 is 0 Å². The molecule has 1 aliphatic heterocycles. The van der Waals surface area contributed by atoms with Gasteiger partial charge in [0.15, 0.2) is 0 Å². The highest BCUT2D eigenvalue weighted by Gasteiger charge is 2.30. The zero-order chi connectivity index (χ0) is 20.9. The molecule has 0 unspecified atom stereocenters. The fourth-order valence-electron chi connectivity index (χ4n) is 2.76. The highest BCUT2D eigenvalue weighted by molar-refractivity contribution is 7.87. The molecule has 156 valence electrons. The molecule has 1 heterocycles. The molecular formula is C18H27N3O6S. The van der Waals surface area contributed by atoms with Crippen LogP contribution in [-0.4, -0.2) is 63.7 Å². The number of anilines is 1. The van der Waals surface area contributed by atoms with Crippen LogP contribution in [0, 0.1) is 0 Å². The second-order valence-corrected chi connectivity index (χ2v) is 9.09. The van der Waals surface area contributed by atoms with Crippen molar-refractivity contribution < 1.29 is 27.5 Å². The second-order valence-electron chi connectivity index (χ2n) is 7.42. The van der Waals surface area contributed by atoms with Gasteiger partial charge < -0.3 is 14.4 Å². The Labute approximate surface area is 165 Å². The summed E-state index contributed by atoms with van der Waals surface area (Å²) in [6.07, 6.45) is -0.816. The third kappa shape index (κ3) is 6.38. The Balaban J connectivity index is 1.96. The van der Waals surface area contributed by atoms with Gasteiger partial charge in [0.2, 0.25) is 0 Å². The van der Waals surface area contributed by atoms with Crippen molar-refractivity contribution in [2.45, 2.75) is 32.8 Å². The maximum atomic E-state index is 12.4. The summed E-state index contributed by atoms with van der Waals surface area (Å²) in [5, 5.41) is 0. The SMILES string of the molecule is COC(=O)Cc1cccc(N2CCN(S(=O)(=O)NC(=O)OC(C)(C)C)CC2)c1. The lowest BCUT2D eigenvalue weighted by Gasteiger charge is -2.35. The van der Waals surface area contributed by atoms with E-state index in [1.807, 2.05) is 33.9 Å². The average molecular weight is 413 g/mol. The minimum absolute atomic E-state index is 0.179. The van der Waals surface area contributed by atoms with Crippen molar-refractivity contribution in [3.8, 4) is 0 Å². The summed E-state index contributed by atoms with van der Waals surface area (Å²) in [4.78, 5) is 25.2. The minimum Gasteiger partial charge on any atom is -0.469 e. The molecule has 1 amide bonds. The predicted molar refractivity (Wildman–Crippen MR) is 104 cm³/mol. The maximum absolute atomic E-state index is 12.4. The smallest absolute Gasteiger partial charge is 0.422 e. The van der Waals surface area contributed by atoms with Gasteiger partial charge in [-0.3, -0.25) is 4.79 Å². The largest absolute Gasteiger partial charge is 0.469 e. The molecule has 2 rings (SSSR count). The van der Waals surface area contributed by atoms with Crippen LogP contribution in [0.2, 0.25) is 0 Å². The molecule has 28 heavy (non-hydrogen) atoms. The minimum atomic E-state index is -3.97. The topological polar surface area (TPSA) is 105 Å². The van der Waals surface area contributed by atoms with Crippen LogP contribution in [0.5, 0.6) is 0 Å². The molecule has 0 aromatic heterocycles. The molecule has 0 atom stereocenters. The Morgan fingerprint density at radius 1 is 1.14 bits per heavy atom. The first-order valence-electron chi connectivity index (χ1n) is 8.92. The number of ether oxygens (including phenoxy) is 2. The van der Waals surface area contributed by atoms with E-state index in [-0.39, 0.29) is 25.5 Å². The van der Waals surface area contributed by atoms with Crippen LogP contribution in [0.1, 0.15) is 26.3 Å². The van der Waals surface area contributed by atoms with E-state index in [2.05, 4.69) is 4.74 Å². The molecule has 0 saturated carbocycles. The van der Waals surface area contributed by atoms with Crippen molar-refractivity contribution in [3.05, 3.63) is 29.8 Å². The average Bonchev–Trinajstić information content (AvgIpc) is 2.60. The third-order valence-corrected chi connectivity index (χ3v) is 5.51. The highest BCUT2D eigenvalue weighted by atomic mass is 32.2. The van der Waals surface area contributed by atoms with Crippen molar-refractivity contribution in [3.63, 3.8) is 0 Å². The Hall–Kier alpha value is -2.33. The molecule has 1 aromatic rings. The van der Waals surface area contributed by atoms with Gasteiger partial charge in [-0.25, -0.2) is 9.52 Å². The number of nitrogens with one attached hydrogen (secondary N) is 1. The first-order valence-corrected chi connectivity index (χ1v) is 10.4. The van der Waals surface area contributed by atoms with Gasteiger partial charge in [-0.05, 0) is 38.5 Å². The summed E-state index contributed by atoms with van der Waals surface area (Å²) in [5.74, 6) is -0.318. The van der Waals surface area contributed by atoms with Crippen LogP contribution in [0.4, 0.5) is 10.5 Å². The summed E-state index contributed by atoms with van der Waals surface area (Å²) in [6, 6.07) is 7.48. The summed E-state index contributed by atoms with van der Waals surface area (Å²) >= 11 is 0. The standard InChI is InChI=1S/C18H27N3O6S/c1-18(2,3)27-17(23)19-28(24,25)21-10-8-20(9-11-21)15-7-5-6-14(12-15)13-16(22)26-4/h5-7,12H,8-11,13H2,1-4H3,(H,19,23). The molecule has 0 radical (unpaired) electrons. The van der Waals surface area contributed by atoms with Gasteiger partial charge in [-0.1, -0.05) is 12.1 Å². The molecule has 10 heteroatoms. The monoisotopic (exact) mass is 413 g/mol. The van der Waals surface area contributed by atoms with Crippen molar-refractivity contribution >= 4 is 28.0 Å². The van der Waals surface area contributed by atoms with Gasteiger partial charge >= 0.3 is 22.3 Å². The number of amides is 1. The van der Waals surface area contributed by atoms with Crippen molar-refractivity contribution in [2.75, 3.05) is 38.2 Å². The molecule has 1 N–H and O–H groups in total. The number of nitrogens with zero attached hydrogens (tertiary/aromatic N) is 2. The van der Waals surface area contributed by atoms with E-state index in [0.29, 0.717) is 13.1 Å². The summed E-state index contributed by atoms with van der Waals surface area (Å²) in [5.41, 5.74) is 0.942. The van der Waals surface area contributed by atoms with Crippen LogP contribution >= 0.6 is 0 Å². The van der Waals surface area contributed by atoms with Crippen LogP contribution in [0.15, 0.2) is 24.3 Å². The Morgan fingerprint density at radius 2 is 1.79 bits per heavy atom.